The van der Waals surface area contributed by atoms with E-state index in [2.05, 4.69) is 25.8 Å². The number of hydrogen-bond acceptors (Lipinski definition) is 3. The Morgan fingerprint density at radius 2 is 1.77 bits per heavy atom. The lowest BCUT2D eigenvalue weighted by atomic mass is 10.2. The number of benzene rings is 1. The van der Waals surface area contributed by atoms with Crippen LogP contribution in [0.15, 0.2) is 47.1 Å². The minimum absolute atomic E-state index is 0.0833. The number of halogens is 2. The van der Waals surface area contributed by atoms with Gasteiger partial charge in [0.1, 0.15) is 5.15 Å². The topological polar surface area (TPSA) is 36.4 Å². The number of carbonyl (C=O) groups is 1. The van der Waals surface area contributed by atoms with Crippen molar-refractivity contribution in [1.29, 1.82) is 0 Å². The lowest BCUT2D eigenvalue weighted by Gasteiger charge is -2.36. The number of anilines is 1. The summed E-state index contributed by atoms with van der Waals surface area (Å²) in [5.41, 5.74) is 1.78. The van der Waals surface area contributed by atoms with Gasteiger partial charge in [-0.3, -0.25) is 4.79 Å². The van der Waals surface area contributed by atoms with Gasteiger partial charge in [-0.1, -0.05) is 27.5 Å². The van der Waals surface area contributed by atoms with E-state index in [1.807, 2.05) is 41.3 Å². The fraction of sp³-hybridized carbons (Fsp3) is 0.250. The maximum atomic E-state index is 12.5. The Morgan fingerprint density at radius 3 is 2.41 bits per heavy atom. The minimum Gasteiger partial charge on any atom is -0.368 e. The van der Waals surface area contributed by atoms with E-state index in [4.69, 9.17) is 11.6 Å². The zero-order valence-corrected chi connectivity index (χ0v) is 14.2. The molecule has 22 heavy (non-hydrogen) atoms. The van der Waals surface area contributed by atoms with Crippen LogP contribution in [-0.4, -0.2) is 42.0 Å². The Bertz CT molecular complexity index is 669. The van der Waals surface area contributed by atoms with Crippen molar-refractivity contribution in [2.24, 2.45) is 0 Å². The van der Waals surface area contributed by atoms with Crippen LogP contribution in [0.3, 0.4) is 0 Å². The molecule has 0 N–H and O–H groups in total. The molecule has 0 unspecified atom stereocenters. The summed E-state index contributed by atoms with van der Waals surface area (Å²) in [7, 11) is 0. The summed E-state index contributed by atoms with van der Waals surface area (Å²) in [6.45, 7) is 2.99. The number of aromatic nitrogens is 1. The first-order valence-electron chi connectivity index (χ1n) is 7.05. The molecule has 1 aromatic heterocycles. The number of piperazine rings is 1. The van der Waals surface area contributed by atoms with Crippen LogP contribution in [0.5, 0.6) is 0 Å². The molecule has 0 saturated carbocycles. The van der Waals surface area contributed by atoms with Gasteiger partial charge in [-0.15, -0.1) is 0 Å². The molecule has 0 bridgehead atoms. The molecule has 2 aromatic rings. The number of hydrogen-bond donors (Lipinski definition) is 0. The first-order valence-corrected chi connectivity index (χ1v) is 8.22. The monoisotopic (exact) mass is 379 g/mol. The molecule has 1 aliphatic rings. The highest BCUT2D eigenvalue weighted by molar-refractivity contribution is 9.10. The van der Waals surface area contributed by atoms with Gasteiger partial charge in [-0.05, 0) is 36.4 Å². The van der Waals surface area contributed by atoms with E-state index in [1.165, 1.54) is 0 Å². The summed E-state index contributed by atoms with van der Waals surface area (Å²) >= 11 is 9.31. The number of carbonyl (C=O) groups excluding carboxylic acids is 1. The minimum atomic E-state index is 0.0833. The molecule has 1 fully saturated rings. The summed E-state index contributed by atoms with van der Waals surface area (Å²) in [5, 5.41) is 0.492. The quantitative estimate of drug-likeness (QED) is 0.749. The van der Waals surface area contributed by atoms with Crippen LogP contribution in [-0.2, 0) is 0 Å². The second-order valence-electron chi connectivity index (χ2n) is 5.12. The zero-order valence-electron chi connectivity index (χ0n) is 11.9. The third-order valence-electron chi connectivity index (χ3n) is 3.73. The van der Waals surface area contributed by atoms with Crippen molar-refractivity contribution in [3.8, 4) is 0 Å². The fourth-order valence-electron chi connectivity index (χ4n) is 2.53. The number of rotatable bonds is 2. The molecular weight excluding hydrogens is 366 g/mol. The van der Waals surface area contributed by atoms with E-state index in [0.717, 1.165) is 28.8 Å². The molecule has 2 heterocycles. The third-order valence-corrected chi connectivity index (χ3v) is 4.47. The summed E-state index contributed by atoms with van der Waals surface area (Å²) < 4.78 is 0.975. The third kappa shape index (κ3) is 3.42. The largest absolute Gasteiger partial charge is 0.368 e. The molecule has 1 saturated heterocycles. The van der Waals surface area contributed by atoms with Crippen molar-refractivity contribution in [3.63, 3.8) is 0 Å². The molecule has 0 spiro atoms. The average Bonchev–Trinajstić information content (AvgIpc) is 2.55. The SMILES string of the molecule is O=C(c1ccc(Br)cc1)N1CCN(c2ccnc(Cl)c2)CC1. The Balaban J connectivity index is 1.64. The van der Waals surface area contributed by atoms with Crippen molar-refractivity contribution in [2.75, 3.05) is 31.1 Å². The number of pyridine rings is 1. The highest BCUT2D eigenvalue weighted by atomic mass is 79.9. The second-order valence-corrected chi connectivity index (χ2v) is 6.43. The van der Waals surface area contributed by atoms with Gasteiger partial charge < -0.3 is 9.80 Å². The molecule has 0 atom stereocenters. The second kappa shape index (κ2) is 6.67. The van der Waals surface area contributed by atoms with Crippen LogP contribution < -0.4 is 4.90 Å². The lowest BCUT2D eigenvalue weighted by molar-refractivity contribution is 0.0747. The normalized spacial score (nSPS) is 15.0. The van der Waals surface area contributed by atoms with Gasteiger partial charge in [0.2, 0.25) is 0 Å². The lowest BCUT2D eigenvalue weighted by Crippen LogP contribution is -2.48. The van der Waals surface area contributed by atoms with Crippen LogP contribution in [0.4, 0.5) is 5.69 Å². The van der Waals surface area contributed by atoms with Gasteiger partial charge >= 0.3 is 0 Å². The van der Waals surface area contributed by atoms with Crippen LogP contribution in [0.25, 0.3) is 0 Å². The van der Waals surface area contributed by atoms with Crippen molar-refractivity contribution in [1.82, 2.24) is 9.88 Å². The molecule has 6 heteroatoms. The van der Waals surface area contributed by atoms with Crippen LogP contribution >= 0.6 is 27.5 Å². The first kappa shape index (κ1) is 15.3. The molecular formula is C16H15BrClN3O. The maximum Gasteiger partial charge on any atom is 0.253 e. The standard InChI is InChI=1S/C16H15BrClN3O/c17-13-3-1-12(2-4-13)16(22)21-9-7-20(8-10-21)14-5-6-19-15(18)11-14/h1-6,11H,7-10H2. The van der Waals surface area contributed by atoms with E-state index in [9.17, 15) is 4.79 Å². The predicted octanol–water partition coefficient (Wildman–Crippen LogP) is 3.46. The van der Waals surface area contributed by atoms with Gasteiger partial charge in [0, 0.05) is 48.1 Å². The van der Waals surface area contributed by atoms with Gasteiger partial charge in [0.15, 0.2) is 0 Å². The number of amides is 1. The smallest absolute Gasteiger partial charge is 0.253 e. The van der Waals surface area contributed by atoms with Crippen LogP contribution in [0.1, 0.15) is 10.4 Å². The van der Waals surface area contributed by atoms with E-state index in [0.29, 0.717) is 18.2 Å². The van der Waals surface area contributed by atoms with Gasteiger partial charge in [-0.2, -0.15) is 0 Å². The predicted molar refractivity (Wildman–Crippen MR) is 91.5 cm³/mol. The van der Waals surface area contributed by atoms with Crippen LogP contribution in [0.2, 0.25) is 5.15 Å². The van der Waals surface area contributed by atoms with E-state index < -0.39 is 0 Å². The summed E-state index contributed by atoms with van der Waals surface area (Å²) in [4.78, 5) is 20.6. The van der Waals surface area contributed by atoms with Crippen molar-refractivity contribution < 1.29 is 4.79 Å². The molecule has 4 nitrogen and oxygen atoms in total. The van der Waals surface area contributed by atoms with Crippen LogP contribution in [0, 0.1) is 0 Å². The van der Waals surface area contributed by atoms with Gasteiger partial charge in [0.25, 0.3) is 5.91 Å². The molecule has 0 radical (unpaired) electrons. The summed E-state index contributed by atoms with van der Waals surface area (Å²) in [6, 6.07) is 11.3. The van der Waals surface area contributed by atoms with E-state index in [-0.39, 0.29) is 5.91 Å². The summed E-state index contributed by atoms with van der Waals surface area (Å²) in [6.07, 6.45) is 1.71. The molecule has 114 valence electrons. The molecule has 3 rings (SSSR count). The number of nitrogens with zero attached hydrogens (tertiary/aromatic N) is 3. The van der Waals surface area contributed by atoms with Gasteiger partial charge in [0.05, 0.1) is 0 Å². The molecule has 1 aromatic carbocycles. The van der Waals surface area contributed by atoms with Crippen molar-refractivity contribution >= 4 is 39.1 Å². The van der Waals surface area contributed by atoms with E-state index >= 15 is 0 Å². The Kier molecular flexibility index (Phi) is 4.64. The van der Waals surface area contributed by atoms with Crippen molar-refractivity contribution in [2.45, 2.75) is 0 Å². The Hall–Kier alpha value is -1.59. The van der Waals surface area contributed by atoms with Crippen molar-refractivity contribution in [3.05, 3.63) is 57.8 Å². The van der Waals surface area contributed by atoms with E-state index in [1.54, 1.807) is 6.20 Å². The maximum absolute atomic E-state index is 12.5. The summed E-state index contributed by atoms with van der Waals surface area (Å²) in [5.74, 6) is 0.0833. The first-order chi connectivity index (χ1) is 10.6. The molecule has 1 amide bonds. The molecule has 1 aliphatic heterocycles. The highest BCUT2D eigenvalue weighted by Crippen LogP contribution is 2.20. The van der Waals surface area contributed by atoms with Gasteiger partial charge in [-0.25, -0.2) is 4.98 Å². The molecule has 0 aliphatic carbocycles. The highest BCUT2D eigenvalue weighted by Gasteiger charge is 2.22. The Labute approximate surface area is 142 Å². The zero-order chi connectivity index (χ0) is 15.5. The Morgan fingerprint density at radius 1 is 1.09 bits per heavy atom. The fourth-order valence-corrected chi connectivity index (χ4v) is 2.96. The average molecular weight is 381 g/mol.